The Labute approximate surface area is 126 Å². The van der Waals surface area contributed by atoms with E-state index in [1.807, 2.05) is 0 Å². The summed E-state index contributed by atoms with van der Waals surface area (Å²) >= 11 is 0. The van der Waals surface area contributed by atoms with Crippen molar-refractivity contribution in [2.45, 2.75) is 32.0 Å². The second kappa shape index (κ2) is 6.26. The minimum atomic E-state index is -4.52. The van der Waals surface area contributed by atoms with E-state index < -0.39 is 11.7 Å². The van der Waals surface area contributed by atoms with Gasteiger partial charge in [0.05, 0.1) is 17.2 Å². The topological polar surface area (TPSA) is 56.1 Å². The standard InChI is InChI=1S/C15H16F3N3O/c1-10(22)20-12-3-2-6-21(9-12)14-5-4-11(8-19)7-13(14)15(16,17)18/h4-5,7,12H,2-3,6,9H2,1H3,(H,20,22)/t12-/m1/s1. The zero-order valence-electron chi connectivity index (χ0n) is 12.1. The van der Waals surface area contributed by atoms with Gasteiger partial charge in [0.1, 0.15) is 0 Å². The third-order valence-electron chi connectivity index (χ3n) is 3.60. The first-order chi connectivity index (χ1) is 10.3. The average Bonchev–Trinajstić information content (AvgIpc) is 2.45. The molecular weight excluding hydrogens is 295 g/mol. The van der Waals surface area contributed by atoms with Crippen LogP contribution in [0.25, 0.3) is 0 Å². The number of anilines is 1. The molecule has 1 atom stereocenters. The van der Waals surface area contributed by atoms with Crippen LogP contribution in [-0.4, -0.2) is 25.0 Å². The van der Waals surface area contributed by atoms with Crippen molar-refractivity contribution < 1.29 is 18.0 Å². The molecule has 0 aromatic heterocycles. The summed E-state index contributed by atoms with van der Waals surface area (Å²) in [7, 11) is 0. The van der Waals surface area contributed by atoms with Crippen molar-refractivity contribution >= 4 is 11.6 Å². The molecule has 1 fully saturated rings. The predicted octanol–water partition coefficient (Wildman–Crippen LogP) is 2.68. The zero-order valence-corrected chi connectivity index (χ0v) is 12.1. The van der Waals surface area contributed by atoms with Gasteiger partial charge < -0.3 is 10.2 Å². The van der Waals surface area contributed by atoms with Gasteiger partial charge in [-0.15, -0.1) is 0 Å². The summed E-state index contributed by atoms with van der Waals surface area (Å²) in [5.41, 5.74) is -0.775. The van der Waals surface area contributed by atoms with Crippen LogP contribution in [0.5, 0.6) is 0 Å². The fourth-order valence-electron chi connectivity index (χ4n) is 2.71. The highest BCUT2D eigenvalue weighted by Gasteiger charge is 2.36. The van der Waals surface area contributed by atoms with E-state index in [0.29, 0.717) is 19.5 Å². The first-order valence-electron chi connectivity index (χ1n) is 6.94. The minimum absolute atomic E-state index is 0.0218. The van der Waals surface area contributed by atoms with Crippen LogP contribution in [0.2, 0.25) is 0 Å². The first kappa shape index (κ1) is 16.1. The molecule has 1 N–H and O–H groups in total. The number of piperidine rings is 1. The molecular formula is C15H16F3N3O. The van der Waals surface area contributed by atoms with Gasteiger partial charge in [-0.2, -0.15) is 18.4 Å². The predicted molar refractivity (Wildman–Crippen MR) is 75.2 cm³/mol. The monoisotopic (exact) mass is 311 g/mol. The molecule has 0 spiro atoms. The smallest absolute Gasteiger partial charge is 0.369 e. The quantitative estimate of drug-likeness (QED) is 0.913. The number of halogens is 3. The summed E-state index contributed by atoms with van der Waals surface area (Å²) in [6.45, 7) is 2.21. The van der Waals surface area contributed by atoms with Crippen LogP contribution in [0, 0.1) is 11.3 Å². The Morgan fingerprint density at radius 3 is 2.77 bits per heavy atom. The number of nitrogens with zero attached hydrogens (tertiary/aromatic N) is 2. The van der Waals surface area contributed by atoms with Gasteiger partial charge in [0.2, 0.25) is 5.91 Å². The van der Waals surface area contributed by atoms with E-state index in [-0.39, 0.29) is 23.2 Å². The third kappa shape index (κ3) is 3.70. The number of carbonyl (C=O) groups is 1. The summed E-state index contributed by atoms with van der Waals surface area (Å²) in [5, 5.41) is 11.5. The molecule has 1 amide bonds. The number of hydrogen-bond acceptors (Lipinski definition) is 3. The largest absolute Gasteiger partial charge is 0.418 e. The molecule has 0 bridgehead atoms. The lowest BCUT2D eigenvalue weighted by molar-refractivity contribution is -0.137. The normalized spacial score (nSPS) is 18.7. The lowest BCUT2D eigenvalue weighted by Gasteiger charge is -2.36. The Bertz CT molecular complexity index is 607. The molecule has 1 aliphatic rings. The second-order valence-corrected chi connectivity index (χ2v) is 5.33. The molecule has 1 heterocycles. The van der Waals surface area contributed by atoms with Crippen molar-refractivity contribution in [1.29, 1.82) is 5.26 Å². The molecule has 0 aliphatic carbocycles. The molecule has 4 nitrogen and oxygen atoms in total. The Kier molecular flexibility index (Phi) is 4.59. The van der Waals surface area contributed by atoms with Gasteiger partial charge in [-0.25, -0.2) is 0 Å². The summed E-state index contributed by atoms with van der Waals surface area (Å²) < 4.78 is 39.7. The van der Waals surface area contributed by atoms with Crippen LogP contribution >= 0.6 is 0 Å². The highest BCUT2D eigenvalue weighted by atomic mass is 19.4. The highest BCUT2D eigenvalue weighted by molar-refractivity contribution is 5.73. The van der Waals surface area contributed by atoms with Gasteiger partial charge in [-0.05, 0) is 31.0 Å². The fourth-order valence-corrected chi connectivity index (χ4v) is 2.71. The summed E-state index contributed by atoms with van der Waals surface area (Å²) in [6, 6.07) is 5.15. The van der Waals surface area contributed by atoms with Gasteiger partial charge in [-0.3, -0.25) is 4.79 Å². The highest BCUT2D eigenvalue weighted by Crippen LogP contribution is 2.38. The number of nitrogens with one attached hydrogen (secondary N) is 1. The maximum absolute atomic E-state index is 13.2. The van der Waals surface area contributed by atoms with E-state index in [0.717, 1.165) is 12.5 Å². The molecule has 0 radical (unpaired) electrons. The number of rotatable bonds is 2. The first-order valence-corrected chi connectivity index (χ1v) is 6.94. The molecule has 1 aromatic carbocycles. The third-order valence-corrected chi connectivity index (χ3v) is 3.60. The van der Waals surface area contributed by atoms with Crippen molar-refractivity contribution in [3.63, 3.8) is 0 Å². The van der Waals surface area contributed by atoms with Gasteiger partial charge in [0, 0.05) is 31.7 Å². The van der Waals surface area contributed by atoms with Gasteiger partial charge >= 0.3 is 6.18 Å². The number of nitriles is 1. The molecule has 1 aromatic rings. The maximum atomic E-state index is 13.2. The van der Waals surface area contributed by atoms with Crippen molar-refractivity contribution in [1.82, 2.24) is 5.32 Å². The minimum Gasteiger partial charge on any atom is -0.369 e. The number of carbonyl (C=O) groups excluding carboxylic acids is 1. The van der Waals surface area contributed by atoms with Crippen LogP contribution in [-0.2, 0) is 11.0 Å². The molecule has 0 unspecified atom stereocenters. The van der Waals surface area contributed by atoms with E-state index in [1.165, 1.54) is 19.1 Å². The van der Waals surface area contributed by atoms with E-state index in [2.05, 4.69) is 5.32 Å². The van der Waals surface area contributed by atoms with Crippen molar-refractivity contribution in [2.24, 2.45) is 0 Å². The van der Waals surface area contributed by atoms with Crippen LogP contribution in [0.4, 0.5) is 18.9 Å². The molecule has 2 rings (SSSR count). The molecule has 22 heavy (non-hydrogen) atoms. The number of hydrogen-bond donors (Lipinski definition) is 1. The van der Waals surface area contributed by atoms with Gasteiger partial charge in [-0.1, -0.05) is 0 Å². The van der Waals surface area contributed by atoms with Gasteiger partial charge in [0.15, 0.2) is 0 Å². The van der Waals surface area contributed by atoms with Crippen LogP contribution in [0.1, 0.15) is 30.9 Å². The van der Waals surface area contributed by atoms with Crippen molar-refractivity contribution in [3.05, 3.63) is 29.3 Å². The van der Waals surface area contributed by atoms with E-state index in [9.17, 15) is 18.0 Å². The molecule has 7 heteroatoms. The Morgan fingerprint density at radius 1 is 1.45 bits per heavy atom. The molecule has 1 aliphatic heterocycles. The summed E-state index contributed by atoms with van der Waals surface area (Å²) in [5.74, 6) is -0.192. The fraction of sp³-hybridized carbons (Fsp3) is 0.467. The zero-order chi connectivity index (χ0) is 16.3. The Balaban J connectivity index is 2.31. The van der Waals surface area contributed by atoms with E-state index in [4.69, 9.17) is 5.26 Å². The Hall–Kier alpha value is -2.23. The SMILES string of the molecule is CC(=O)N[C@@H]1CCCN(c2ccc(C#N)cc2C(F)(F)F)C1. The Morgan fingerprint density at radius 2 is 2.18 bits per heavy atom. The molecule has 1 saturated heterocycles. The van der Waals surface area contributed by atoms with Crippen molar-refractivity contribution in [2.75, 3.05) is 18.0 Å². The van der Waals surface area contributed by atoms with E-state index >= 15 is 0 Å². The lowest BCUT2D eigenvalue weighted by Crippen LogP contribution is -2.47. The number of amides is 1. The van der Waals surface area contributed by atoms with E-state index in [1.54, 1.807) is 11.0 Å². The number of benzene rings is 1. The van der Waals surface area contributed by atoms with Crippen LogP contribution in [0.3, 0.4) is 0 Å². The van der Waals surface area contributed by atoms with Crippen LogP contribution in [0.15, 0.2) is 18.2 Å². The second-order valence-electron chi connectivity index (χ2n) is 5.33. The van der Waals surface area contributed by atoms with Crippen LogP contribution < -0.4 is 10.2 Å². The number of alkyl halides is 3. The molecule has 118 valence electrons. The molecule has 0 saturated carbocycles. The van der Waals surface area contributed by atoms with Gasteiger partial charge in [0.25, 0.3) is 0 Å². The lowest BCUT2D eigenvalue weighted by atomic mass is 10.0. The summed E-state index contributed by atoms with van der Waals surface area (Å²) in [4.78, 5) is 12.7. The average molecular weight is 311 g/mol. The maximum Gasteiger partial charge on any atom is 0.418 e. The summed E-state index contributed by atoms with van der Waals surface area (Å²) in [6.07, 6.45) is -3.08. The van der Waals surface area contributed by atoms with Crippen molar-refractivity contribution in [3.8, 4) is 6.07 Å².